The molecule has 1 heterocycles. The highest BCUT2D eigenvalue weighted by Crippen LogP contribution is 2.15. The standard InChI is InChI=1S/C19H19ClIN3O2/c20-15-3-1-2-14(12-15)19(26)24-10-8-23(9-11-24)13-18(25)22-17-6-4-16(21)5-7-17/h1-7,12H,8-11,13H2,(H,22,25). The lowest BCUT2D eigenvalue weighted by Crippen LogP contribution is -2.50. The van der Waals surface area contributed by atoms with Gasteiger partial charge in [0.05, 0.1) is 6.54 Å². The summed E-state index contributed by atoms with van der Waals surface area (Å²) in [5, 5.41) is 3.46. The first-order valence-electron chi connectivity index (χ1n) is 8.34. The highest BCUT2D eigenvalue weighted by Gasteiger charge is 2.23. The third-order valence-electron chi connectivity index (χ3n) is 4.23. The van der Waals surface area contributed by atoms with E-state index in [1.54, 1.807) is 29.2 Å². The van der Waals surface area contributed by atoms with E-state index >= 15 is 0 Å². The van der Waals surface area contributed by atoms with Gasteiger partial charge in [-0.15, -0.1) is 0 Å². The number of hydrogen-bond acceptors (Lipinski definition) is 3. The third-order valence-corrected chi connectivity index (χ3v) is 5.18. The summed E-state index contributed by atoms with van der Waals surface area (Å²) < 4.78 is 1.13. The molecule has 3 rings (SSSR count). The molecule has 2 aromatic carbocycles. The fourth-order valence-corrected chi connectivity index (χ4v) is 3.40. The number of nitrogens with zero attached hydrogens (tertiary/aromatic N) is 2. The first kappa shape index (κ1) is 19.1. The molecule has 1 aliphatic rings. The fraction of sp³-hybridized carbons (Fsp3) is 0.263. The molecule has 0 radical (unpaired) electrons. The van der Waals surface area contributed by atoms with Gasteiger partial charge in [0.2, 0.25) is 5.91 Å². The lowest BCUT2D eigenvalue weighted by Gasteiger charge is -2.34. The number of carbonyl (C=O) groups excluding carboxylic acids is 2. The number of hydrogen-bond donors (Lipinski definition) is 1. The van der Waals surface area contributed by atoms with E-state index in [0.717, 1.165) is 9.26 Å². The number of amides is 2. The van der Waals surface area contributed by atoms with Gasteiger partial charge < -0.3 is 10.2 Å². The first-order valence-corrected chi connectivity index (χ1v) is 9.79. The van der Waals surface area contributed by atoms with Crippen LogP contribution in [0.1, 0.15) is 10.4 Å². The Morgan fingerprint density at radius 3 is 2.38 bits per heavy atom. The molecule has 1 N–H and O–H groups in total. The maximum atomic E-state index is 12.5. The van der Waals surface area contributed by atoms with E-state index in [4.69, 9.17) is 11.6 Å². The van der Waals surface area contributed by atoms with Crippen molar-refractivity contribution >= 4 is 51.7 Å². The topological polar surface area (TPSA) is 52.7 Å². The zero-order valence-corrected chi connectivity index (χ0v) is 17.0. The molecule has 136 valence electrons. The lowest BCUT2D eigenvalue weighted by atomic mass is 10.2. The molecule has 0 bridgehead atoms. The van der Waals surface area contributed by atoms with Gasteiger partial charge in [-0.1, -0.05) is 17.7 Å². The van der Waals surface area contributed by atoms with Crippen LogP contribution >= 0.6 is 34.2 Å². The third kappa shape index (κ3) is 5.18. The summed E-state index contributed by atoms with van der Waals surface area (Å²) in [6, 6.07) is 14.7. The smallest absolute Gasteiger partial charge is 0.253 e. The zero-order valence-electron chi connectivity index (χ0n) is 14.1. The van der Waals surface area contributed by atoms with Crippen LogP contribution in [0.15, 0.2) is 48.5 Å². The second-order valence-electron chi connectivity index (χ2n) is 6.13. The van der Waals surface area contributed by atoms with Gasteiger partial charge in [0.25, 0.3) is 5.91 Å². The average Bonchev–Trinajstić information content (AvgIpc) is 2.64. The van der Waals surface area contributed by atoms with Gasteiger partial charge in [0.1, 0.15) is 0 Å². The molecule has 0 spiro atoms. The minimum Gasteiger partial charge on any atom is -0.336 e. The van der Waals surface area contributed by atoms with Crippen LogP contribution in [0.2, 0.25) is 5.02 Å². The number of anilines is 1. The van der Waals surface area contributed by atoms with Crippen molar-refractivity contribution < 1.29 is 9.59 Å². The molecule has 7 heteroatoms. The second-order valence-corrected chi connectivity index (χ2v) is 7.82. The minimum absolute atomic E-state index is 0.0181. The summed E-state index contributed by atoms with van der Waals surface area (Å²) in [6.45, 7) is 2.87. The summed E-state index contributed by atoms with van der Waals surface area (Å²) >= 11 is 8.19. The summed E-state index contributed by atoms with van der Waals surface area (Å²) in [5.41, 5.74) is 1.40. The van der Waals surface area contributed by atoms with Gasteiger partial charge in [0.15, 0.2) is 0 Å². The molecular weight excluding hydrogens is 465 g/mol. The van der Waals surface area contributed by atoms with Gasteiger partial charge in [-0.05, 0) is 65.1 Å². The molecule has 2 aromatic rings. The van der Waals surface area contributed by atoms with Gasteiger partial charge in [-0.3, -0.25) is 14.5 Å². The van der Waals surface area contributed by atoms with Crippen LogP contribution in [0, 0.1) is 3.57 Å². The molecule has 0 aromatic heterocycles. The number of rotatable bonds is 4. The predicted octanol–water partition coefficient (Wildman–Crippen LogP) is 3.34. The Balaban J connectivity index is 1.48. The fourth-order valence-electron chi connectivity index (χ4n) is 2.85. The highest BCUT2D eigenvalue weighted by atomic mass is 127. The van der Waals surface area contributed by atoms with Crippen LogP contribution in [0.4, 0.5) is 5.69 Å². The van der Waals surface area contributed by atoms with Crippen LogP contribution in [0.5, 0.6) is 0 Å². The van der Waals surface area contributed by atoms with E-state index in [0.29, 0.717) is 43.3 Å². The number of nitrogens with one attached hydrogen (secondary N) is 1. The van der Waals surface area contributed by atoms with Crippen LogP contribution in [-0.4, -0.2) is 54.3 Å². The summed E-state index contributed by atoms with van der Waals surface area (Å²) in [7, 11) is 0. The van der Waals surface area contributed by atoms with Crippen molar-refractivity contribution in [2.45, 2.75) is 0 Å². The maximum absolute atomic E-state index is 12.5. The SMILES string of the molecule is O=C(CN1CCN(C(=O)c2cccc(Cl)c2)CC1)Nc1ccc(I)cc1. The van der Waals surface area contributed by atoms with E-state index < -0.39 is 0 Å². The number of benzene rings is 2. The Bertz CT molecular complexity index is 790. The minimum atomic E-state index is -0.0409. The summed E-state index contributed by atoms with van der Waals surface area (Å²) in [6.07, 6.45) is 0. The second kappa shape index (κ2) is 8.83. The molecule has 1 saturated heterocycles. The zero-order chi connectivity index (χ0) is 18.5. The predicted molar refractivity (Wildman–Crippen MR) is 112 cm³/mol. The molecule has 26 heavy (non-hydrogen) atoms. The van der Waals surface area contributed by atoms with Crippen molar-refractivity contribution in [3.8, 4) is 0 Å². The highest BCUT2D eigenvalue weighted by molar-refractivity contribution is 14.1. The van der Waals surface area contributed by atoms with Crippen molar-refractivity contribution in [3.63, 3.8) is 0 Å². The molecule has 5 nitrogen and oxygen atoms in total. The molecular formula is C19H19ClIN3O2. The molecule has 0 atom stereocenters. The Labute approximate surface area is 171 Å². The molecule has 2 amide bonds. The number of carbonyl (C=O) groups is 2. The Morgan fingerprint density at radius 2 is 1.73 bits per heavy atom. The Morgan fingerprint density at radius 1 is 1.04 bits per heavy atom. The van der Waals surface area contributed by atoms with E-state index in [1.807, 2.05) is 24.3 Å². The Hall–Kier alpha value is -1.64. The monoisotopic (exact) mass is 483 g/mol. The van der Waals surface area contributed by atoms with Crippen molar-refractivity contribution in [1.82, 2.24) is 9.80 Å². The number of piperazine rings is 1. The van der Waals surface area contributed by atoms with E-state index in [1.165, 1.54) is 0 Å². The molecule has 0 unspecified atom stereocenters. The molecule has 0 saturated carbocycles. The molecule has 1 fully saturated rings. The largest absolute Gasteiger partial charge is 0.336 e. The van der Waals surface area contributed by atoms with Gasteiger partial charge >= 0.3 is 0 Å². The van der Waals surface area contributed by atoms with Crippen molar-refractivity contribution in [3.05, 3.63) is 62.7 Å². The average molecular weight is 484 g/mol. The van der Waals surface area contributed by atoms with E-state index in [-0.39, 0.29) is 11.8 Å². The number of halogens is 2. The maximum Gasteiger partial charge on any atom is 0.253 e. The quantitative estimate of drug-likeness (QED) is 0.679. The lowest BCUT2D eigenvalue weighted by molar-refractivity contribution is -0.117. The van der Waals surface area contributed by atoms with Crippen molar-refractivity contribution in [2.24, 2.45) is 0 Å². The van der Waals surface area contributed by atoms with Gasteiger partial charge in [0, 0.05) is 46.0 Å². The van der Waals surface area contributed by atoms with E-state index in [9.17, 15) is 9.59 Å². The normalized spacial score (nSPS) is 14.9. The van der Waals surface area contributed by atoms with E-state index in [2.05, 4.69) is 32.8 Å². The van der Waals surface area contributed by atoms with Crippen LogP contribution in [0.3, 0.4) is 0 Å². The van der Waals surface area contributed by atoms with Crippen molar-refractivity contribution in [2.75, 3.05) is 38.0 Å². The first-order chi connectivity index (χ1) is 12.5. The summed E-state index contributed by atoms with van der Waals surface area (Å²) in [4.78, 5) is 28.6. The molecule has 0 aliphatic carbocycles. The molecule has 1 aliphatic heterocycles. The van der Waals surface area contributed by atoms with Crippen LogP contribution < -0.4 is 5.32 Å². The summed E-state index contributed by atoms with van der Waals surface area (Å²) in [5.74, 6) is -0.0590. The van der Waals surface area contributed by atoms with Crippen LogP contribution in [-0.2, 0) is 4.79 Å². The van der Waals surface area contributed by atoms with Crippen molar-refractivity contribution in [1.29, 1.82) is 0 Å². The Kier molecular flexibility index (Phi) is 6.50. The van der Waals surface area contributed by atoms with Gasteiger partial charge in [-0.2, -0.15) is 0 Å². The van der Waals surface area contributed by atoms with Crippen LogP contribution in [0.25, 0.3) is 0 Å². The van der Waals surface area contributed by atoms with Gasteiger partial charge in [-0.25, -0.2) is 0 Å².